The number of benzene rings is 2. The molecule has 0 atom stereocenters. The molecular weight excluding hydrogens is 456 g/mol. The van der Waals surface area contributed by atoms with E-state index >= 15 is 0 Å². The first-order valence-electron chi connectivity index (χ1n) is 10.9. The van der Waals surface area contributed by atoms with Gasteiger partial charge in [-0.25, -0.2) is 4.52 Å². The zero-order valence-electron chi connectivity index (χ0n) is 19.5. The Morgan fingerprint density at radius 2 is 1.68 bits per heavy atom. The summed E-state index contributed by atoms with van der Waals surface area (Å²) >= 11 is 1.42. The molecule has 2 aromatic heterocycles. The van der Waals surface area contributed by atoms with Gasteiger partial charge in [-0.1, -0.05) is 12.1 Å². The number of nitrogens with one attached hydrogen (secondary N) is 1. The van der Waals surface area contributed by atoms with Gasteiger partial charge in [-0.15, -0.1) is 16.4 Å². The zero-order valence-corrected chi connectivity index (χ0v) is 20.3. The number of hydrogen-bond donors (Lipinski definition) is 1. The molecule has 2 heterocycles. The predicted molar refractivity (Wildman–Crippen MR) is 131 cm³/mol. The number of carbonyl (C=O) groups excluding carboxylic acids is 1. The molecule has 1 amide bonds. The molecule has 0 aliphatic rings. The molecule has 0 aliphatic heterocycles. The van der Waals surface area contributed by atoms with Gasteiger partial charge in [0.2, 0.25) is 10.7 Å². The Kier molecular flexibility index (Phi) is 7.17. The molecule has 4 rings (SSSR count). The number of nitrogens with zero attached hydrogens (tertiary/aromatic N) is 3. The number of carbonyl (C=O) groups is 1. The predicted octanol–water partition coefficient (Wildman–Crippen LogP) is 4.91. The van der Waals surface area contributed by atoms with Crippen molar-refractivity contribution in [2.24, 2.45) is 0 Å². The number of fused-ring (bicyclic) bond motifs is 1. The maximum atomic E-state index is 13.1. The van der Waals surface area contributed by atoms with Gasteiger partial charge < -0.3 is 18.9 Å². The quantitative estimate of drug-likeness (QED) is 0.343. The van der Waals surface area contributed by atoms with Crippen LogP contribution in [0.1, 0.15) is 31.1 Å². The van der Waals surface area contributed by atoms with Gasteiger partial charge in [-0.2, -0.15) is 4.98 Å². The number of methoxy groups -OCH3 is 1. The first-order valence-corrected chi connectivity index (χ1v) is 11.8. The highest BCUT2D eigenvalue weighted by Crippen LogP contribution is 2.39. The smallest absolute Gasteiger partial charge is 0.258 e. The van der Waals surface area contributed by atoms with Crippen LogP contribution in [0.25, 0.3) is 16.2 Å². The number of hydrogen-bond acceptors (Lipinski definition) is 8. The second-order valence-electron chi connectivity index (χ2n) is 7.01. The van der Waals surface area contributed by atoms with E-state index in [9.17, 15) is 4.79 Å². The number of amides is 1. The molecule has 0 spiro atoms. The molecule has 4 aromatic rings. The lowest BCUT2D eigenvalue weighted by Gasteiger charge is -2.16. The molecule has 0 saturated heterocycles. The third-order valence-corrected chi connectivity index (χ3v) is 5.68. The summed E-state index contributed by atoms with van der Waals surface area (Å²) in [6, 6.07) is 10.9. The first-order chi connectivity index (χ1) is 16.6. The molecule has 0 fully saturated rings. The summed E-state index contributed by atoms with van der Waals surface area (Å²) in [6.07, 6.45) is 0. The Hall–Kier alpha value is -3.79. The molecule has 0 bridgehead atoms. The van der Waals surface area contributed by atoms with E-state index in [-0.39, 0.29) is 11.9 Å². The van der Waals surface area contributed by atoms with Crippen molar-refractivity contribution in [2.75, 3.05) is 32.2 Å². The van der Waals surface area contributed by atoms with Crippen LogP contribution in [-0.2, 0) is 0 Å². The third kappa shape index (κ3) is 4.62. The highest BCUT2D eigenvalue weighted by molar-refractivity contribution is 7.15. The molecule has 10 heteroatoms. The molecule has 2 aromatic carbocycles. The van der Waals surface area contributed by atoms with E-state index < -0.39 is 0 Å². The van der Waals surface area contributed by atoms with Gasteiger partial charge in [-0.05, 0) is 45.0 Å². The van der Waals surface area contributed by atoms with Crippen LogP contribution in [0, 0.1) is 0 Å². The minimum atomic E-state index is -0.387. The monoisotopic (exact) mass is 482 g/mol. The summed E-state index contributed by atoms with van der Waals surface area (Å²) in [4.78, 5) is 18.2. The van der Waals surface area contributed by atoms with Crippen molar-refractivity contribution >= 4 is 28.2 Å². The molecule has 0 unspecified atom stereocenters. The Labute approximate surface area is 201 Å². The number of anilines is 1. The van der Waals surface area contributed by atoms with Crippen LogP contribution in [0.15, 0.2) is 41.8 Å². The number of thiazole rings is 1. The lowest BCUT2D eigenvalue weighted by Crippen LogP contribution is -2.14. The Morgan fingerprint density at radius 1 is 1.00 bits per heavy atom. The van der Waals surface area contributed by atoms with Gasteiger partial charge in [0.15, 0.2) is 11.5 Å². The van der Waals surface area contributed by atoms with E-state index in [1.165, 1.54) is 11.3 Å². The van der Waals surface area contributed by atoms with Crippen molar-refractivity contribution in [3.05, 3.63) is 47.3 Å². The van der Waals surface area contributed by atoms with Crippen molar-refractivity contribution in [3.63, 3.8) is 0 Å². The minimum Gasteiger partial charge on any atom is -0.496 e. The SMILES string of the molecule is CCOc1cc(C(=O)Nc2nc3scc(-c4ccccc4OC)n3n2)cc(OCC)c1OCC. The van der Waals surface area contributed by atoms with Crippen LogP contribution >= 0.6 is 11.3 Å². The van der Waals surface area contributed by atoms with E-state index in [0.29, 0.717) is 47.6 Å². The molecule has 0 saturated carbocycles. The Morgan fingerprint density at radius 3 is 2.32 bits per heavy atom. The van der Waals surface area contributed by atoms with Crippen molar-refractivity contribution < 1.29 is 23.7 Å². The van der Waals surface area contributed by atoms with Gasteiger partial charge in [0.25, 0.3) is 11.9 Å². The molecule has 34 heavy (non-hydrogen) atoms. The lowest BCUT2D eigenvalue weighted by atomic mass is 10.1. The molecule has 178 valence electrons. The number of ether oxygens (including phenoxy) is 4. The average Bonchev–Trinajstić information content (AvgIpc) is 3.41. The second kappa shape index (κ2) is 10.4. The van der Waals surface area contributed by atoms with Crippen molar-refractivity contribution in [1.82, 2.24) is 14.6 Å². The number of para-hydroxylation sites is 1. The van der Waals surface area contributed by atoms with E-state index in [2.05, 4.69) is 15.4 Å². The van der Waals surface area contributed by atoms with Crippen LogP contribution in [0.4, 0.5) is 5.95 Å². The van der Waals surface area contributed by atoms with E-state index in [1.807, 2.05) is 50.4 Å². The topological polar surface area (TPSA) is 96.2 Å². The summed E-state index contributed by atoms with van der Waals surface area (Å²) in [6.45, 7) is 6.88. The van der Waals surface area contributed by atoms with Gasteiger partial charge in [0.05, 0.1) is 32.6 Å². The summed E-state index contributed by atoms with van der Waals surface area (Å²) < 4.78 is 24.3. The van der Waals surface area contributed by atoms with Gasteiger partial charge in [0.1, 0.15) is 5.75 Å². The Bertz CT molecular complexity index is 1270. The fourth-order valence-electron chi connectivity index (χ4n) is 3.47. The summed E-state index contributed by atoms with van der Waals surface area (Å²) in [7, 11) is 1.62. The fourth-order valence-corrected chi connectivity index (χ4v) is 4.29. The third-order valence-electron chi connectivity index (χ3n) is 4.86. The Balaban J connectivity index is 1.65. The number of rotatable bonds is 10. The van der Waals surface area contributed by atoms with Crippen LogP contribution in [0.2, 0.25) is 0 Å². The molecule has 1 N–H and O–H groups in total. The normalized spacial score (nSPS) is 10.8. The maximum Gasteiger partial charge on any atom is 0.258 e. The van der Waals surface area contributed by atoms with Crippen molar-refractivity contribution in [1.29, 1.82) is 0 Å². The van der Waals surface area contributed by atoms with Crippen LogP contribution in [0.5, 0.6) is 23.0 Å². The standard InChI is InChI=1S/C24H26N4O5S/c1-5-31-19-12-15(13-20(32-6-2)21(19)33-7-3)22(29)25-23-26-24-28(27-23)17(14-34-24)16-10-8-9-11-18(16)30-4/h8-14H,5-7H2,1-4H3,(H,25,27,29). The van der Waals surface area contributed by atoms with E-state index in [1.54, 1.807) is 23.8 Å². The minimum absolute atomic E-state index is 0.192. The van der Waals surface area contributed by atoms with E-state index in [4.69, 9.17) is 18.9 Å². The van der Waals surface area contributed by atoms with Crippen LogP contribution in [-0.4, -0.2) is 47.4 Å². The van der Waals surface area contributed by atoms with Gasteiger partial charge in [0, 0.05) is 16.5 Å². The van der Waals surface area contributed by atoms with Gasteiger partial charge in [-0.3, -0.25) is 10.1 Å². The van der Waals surface area contributed by atoms with Crippen LogP contribution in [0.3, 0.4) is 0 Å². The number of aromatic nitrogens is 3. The van der Waals surface area contributed by atoms with Gasteiger partial charge >= 0.3 is 0 Å². The maximum absolute atomic E-state index is 13.1. The highest BCUT2D eigenvalue weighted by Gasteiger charge is 2.20. The van der Waals surface area contributed by atoms with Crippen molar-refractivity contribution in [3.8, 4) is 34.3 Å². The average molecular weight is 483 g/mol. The summed E-state index contributed by atoms with van der Waals surface area (Å²) in [5, 5.41) is 9.22. The fraction of sp³-hybridized carbons (Fsp3) is 0.292. The van der Waals surface area contributed by atoms with Crippen molar-refractivity contribution in [2.45, 2.75) is 20.8 Å². The van der Waals surface area contributed by atoms with Crippen LogP contribution < -0.4 is 24.3 Å². The largest absolute Gasteiger partial charge is 0.496 e. The highest BCUT2D eigenvalue weighted by atomic mass is 32.1. The molecule has 0 aliphatic carbocycles. The zero-order chi connectivity index (χ0) is 24.1. The molecule has 9 nitrogen and oxygen atoms in total. The summed E-state index contributed by atoms with van der Waals surface area (Å²) in [5.74, 6) is 1.89. The first kappa shape index (κ1) is 23.4. The summed E-state index contributed by atoms with van der Waals surface area (Å²) in [5.41, 5.74) is 2.05. The second-order valence-corrected chi connectivity index (χ2v) is 7.84. The molecular formula is C24H26N4O5S. The van der Waals surface area contributed by atoms with E-state index in [0.717, 1.165) is 17.0 Å². The molecule has 0 radical (unpaired) electrons. The lowest BCUT2D eigenvalue weighted by molar-refractivity contribution is 0.102.